The van der Waals surface area contributed by atoms with Gasteiger partial charge < -0.3 is 19.9 Å². The van der Waals surface area contributed by atoms with E-state index in [9.17, 15) is 4.79 Å². The molecule has 17 heavy (non-hydrogen) atoms. The van der Waals surface area contributed by atoms with Crippen molar-refractivity contribution in [2.75, 3.05) is 38.9 Å². The lowest BCUT2D eigenvalue weighted by molar-refractivity contribution is 0.0284. The number of carbonyl (C=O) groups excluding carboxylic acids is 1. The highest BCUT2D eigenvalue weighted by atomic mass is 35.5. The first-order valence-corrected chi connectivity index (χ1v) is 6.44. The fraction of sp³-hybridized carbons (Fsp3) is 0.909. The van der Waals surface area contributed by atoms with E-state index in [4.69, 9.17) is 26.8 Å². The van der Waals surface area contributed by atoms with Crippen LogP contribution in [0, 0.1) is 0 Å². The van der Waals surface area contributed by atoms with Gasteiger partial charge in [-0.1, -0.05) is 12.8 Å². The minimum absolute atomic E-state index is 0.188. The van der Waals surface area contributed by atoms with Crippen LogP contribution in [0.4, 0.5) is 4.79 Å². The van der Waals surface area contributed by atoms with Gasteiger partial charge in [-0.25, -0.2) is 4.79 Å². The number of amides is 1. The standard InChI is InChI=1S/C11H22ClNO4/c12-5-3-1-2-4-6-15-7-8-16-9-10-17-11(13)14/h1-10H2,(H2,13,14). The van der Waals surface area contributed by atoms with Crippen molar-refractivity contribution in [3.05, 3.63) is 0 Å². The zero-order valence-electron chi connectivity index (χ0n) is 10.2. The van der Waals surface area contributed by atoms with Gasteiger partial charge in [-0.05, 0) is 12.8 Å². The first-order chi connectivity index (χ1) is 8.27. The molecular formula is C11H22ClNO4. The molecular weight excluding hydrogens is 246 g/mol. The van der Waals surface area contributed by atoms with Gasteiger partial charge in [0.25, 0.3) is 0 Å². The number of unbranched alkanes of at least 4 members (excludes halogenated alkanes) is 3. The lowest BCUT2D eigenvalue weighted by atomic mass is 10.2. The number of hydrogen-bond donors (Lipinski definition) is 1. The van der Waals surface area contributed by atoms with Gasteiger partial charge in [0.05, 0.1) is 19.8 Å². The molecule has 6 heteroatoms. The molecule has 0 fully saturated rings. The molecule has 0 unspecified atom stereocenters. The smallest absolute Gasteiger partial charge is 0.404 e. The summed E-state index contributed by atoms with van der Waals surface area (Å²) >= 11 is 5.56. The molecule has 0 bridgehead atoms. The van der Waals surface area contributed by atoms with Crippen molar-refractivity contribution in [1.29, 1.82) is 0 Å². The third-order valence-corrected chi connectivity index (χ3v) is 2.28. The third kappa shape index (κ3) is 15.5. The van der Waals surface area contributed by atoms with Crippen molar-refractivity contribution >= 4 is 17.7 Å². The van der Waals surface area contributed by atoms with Crippen LogP contribution in [-0.4, -0.2) is 45.0 Å². The molecule has 0 aliphatic heterocycles. The molecule has 1 amide bonds. The molecule has 5 nitrogen and oxygen atoms in total. The molecule has 2 N–H and O–H groups in total. The second-order valence-corrected chi connectivity index (χ2v) is 3.87. The van der Waals surface area contributed by atoms with Gasteiger partial charge in [0.15, 0.2) is 0 Å². The minimum atomic E-state index is -0.776. The first kappa shape index (κ1) is 16.5. The Morgan fingerprint density at radius 3 is 2.12 bits per heavy atom. The maximum Gasteiger partial charge on any atom is 0.404 e. The van der Waals surface area contributed by atoms with Crippen molar-refractivity contribution in [3.63, 3.8) is 0 Å². The molecule has 0 atom stereocenters. The quantitative estimate of drug-likeness (QED) is 0.433. The van der Waals surface area contributed by atoms with Gasteiger partial charge in [-0.3, -0.25) is 0 Å². The van der Waals surface area contributed by atoms with Crippen LogP contribution in [0.15, 0.2) is 0 Å². The van der Waals surface area contributed by atoms with Crippen LogP contribution in [0.25, 0.3) is 0 Å². The second-order valence-electron chi connectivity index (χ2n) is 3.50. The van der Waals surface area contributed by atoms with E-state index < -0.39 is 6.09 Å². The monoisotopic (exact) mass is 267 g/mol. The van der Waals surface area contributed by atoms with Gasteiger partial charge in [0.2, 0.25) is 0 Å². The lowest BCUT2D eigenvalue weighted by Crippen LogP contribution is -2.17. The van der Waals surface area contributed by atoms with Gasteiger partial charge >= 0.3 is 6.09 Å². The highest BCUT2D eigenvalue weighted by molar-refractivity contribution is 6.17. The molecule has 0 spiro atoms. The Morgan fingerprint density at radius 2 is 1.47 bits per heavy atom. The van der Waals surface area contributed by atoms with Crippen LogP contribution < -0.4 is 5.73 Å². The lowest BCUT2D eigenvalue weighted by Gasteiger charge is -2.05. The van der Waals surface area contributed by atoms with Crippen LogP contribution in [0.3, 0.4) is 0 Å². The molecule has 0 aromatic heterocycles. The molecule has 0 rings (SSSR count). The summed E-state index contributed by atoms with van der Waals surface area (Å²) in [7, 11) is 0. The number of nitrogens with two attached hydrogens (primary N) is 1. The number of ether oxygens (including phenoxy) is 3. The Labute approximate surface area is 108 Å². The number of hydrogen-bond acceptors (Lipinski definition) is 4. The summed E-state index contributed by atoms with van der Waals surface area (Å²) in [4.78, 5) is 10.2. The summed E-state index contributed by atoms with van der Waals surface area (Å²) in [6, 6.07) is 0. The molecule has 0 aromatic carbocycles. The Balaban J connectivity index is 2.91. The normalized spacial score (nSPS) is 10.4. The van der Waals surface area contributed by atoms with Gasteiger partial charge in [0.1, 0.15) is 6.61 Å². The summed E-state index contributed by atoms with van der Waals surface area (Å²) in [5.74, 6) is 0.738. The summed E-state index contributed by atoms with van der Waals surface area (Å²) in [6.07, 6.45) is 3.67. The maximum absolute atomic E-state index is 10.2. The largest absolute Gasteiger partial charge is 0.447 e. The summed E-state index contributed by atoms with van der Waals surface area (Å²) in [5.41, 5.74) is 4.77. The van der Waals surface area contributed by atoms with Crippen molar-refractivity contribution < 1.29 is 19.0 Å². The van der Waals surface area contributed by atoms with Crippen molar-refractivity contribution in [1.82, 2.24) is 0 Å². The number of primary amides is 1. The molecule has 0 saturated carbocycles. The highest BCUT2D eigenvalue weighted by Gasteiger charge is 1.94. The Kier molecular flexibility index (Phi) is 13.1. The van der Waals surface area contributed by atoms with E-state index in [1.807, 2.05) is 0 Å². The van der Waals surface area contributed by atoms with Crippen molar-refractivity contribution in [2.24, 2.45) is 5.73 Å². The highest BCUT2D eigenvalue weighted by Crippen LogP contribution is 2.00. The zero-order valence-corrected chi connectivity index (χ0v) is 10.9. The molecule has 0 radical (unpaired) electrons. The van der Waals surface area contributed by atoms with Crippen LogP contribution in [0.2, 0.25) is 0 Å². The SMILES string of the molecule is NC(=O)OCCOCCOCCCCCCCl. The molecule has 0 aliphatic rings. The van der Waals surface area contributed by atoms with Crippen molar-refractivity contribution in [2.45, 2.75) is 25.7 Å². The molecule has 0 aromatic rings. The molecule has 0 saturated heterocycles. The predicted octanol–water partition coefficient (Wildman–Crippen LogP) is 1.91. The summed E-state index contributed by atoms with van der Waals surface area (Å²) in [5, 5.41) is 0. The van der Waals surface area contributed by atoms with Crippen molar-refractivity contribution in [3.8, 4) is 0 Å². The topological polar surface area (TPSA) is 70.8 Å². The zero-order chi connectivity index (χ0) is 12.8. The van der Waals surface area contributed by atoms with Gasteiger partial charge in [0, 0.05) is 12.5 Å². The molecule has 102 valence electrons. The van der Waals surface area contributed by atoms with Gasteiger partial charge in [-0.15, -0.1) is 11.6 Å². The van der Waals surface area contributed by atoms with Crippen LogP contribution in [0.5, 0.6) is 0 Å². The number of alkyl halides is 1. The predicted molar refractivity (Wildman–Crippen MR) is 66.4 cm³/mol. The van der Waals surface area contributed by atoms with Crippen LogP contribution >= 0.6 is 11.6 Å². The fourth-order valence-electron chi connectivity index (χ4n) is 1.18. The Morgan fingerprint density at radius 1 is 0.882 bits per heavy atom. The van der Waals surface area contributed by atoms with Gasteiger partial charge in [-0.2, -0.15) is 0 Å². The van der Waals surface area contributed by atoms with E-state index in [0.717, 1.165) is 38.2 Å². The van der Waals surface area contributed by atoms with E-state index in [0.29, 0.717) is 19.8 Å². The molecule has 0 aliphatic carbocycles. The summed E-state index contributed by atoms with van der Waals surface area (Å²) in [6.45, 7) is 2.36. The molecule has 0 heterocycles. The Bertz CT molecular complexity index is 181. The number of halogens is 1. The second kappa shape index (κ2) is 13.5. The van der Waals surface area contributed by atoms with E-state index in [2.05, 4.69) is 4.74 Å². The maximum atomic E-state index is 10.2. The van der Waals surface area contributed by atoms with Crippen LogP contribution in [-0.2, 0) is 14.2 Å². The van der Waals surface area contributed by atoms with E-state index in [-0.39, 0.29) is 6.61 Å². The van der Waals surface area contributed by atoms with E-state index in [1.165, 1.54) is 0 Å². The summed E-state index contributed by atoms with van der Waals surface area (Å²) < 4.78 is 15.0. The van der Waals surface area contributed by atoms with E-state index >= 15 is 0 Å². The van der Waals surface area contributed by atoms with Crippen LogP contribution in [0.1, 0.15) is 25.7 Å². The first-order valence-electron chi connectivity index (χ1n) is 5.91. The third-order valence-electron chi connectivity index (χ3n) is 2.02. The Hall–Kier alpha value is -0.520. The number of rotatable bonds is 12. The minimum Gasteiger partial charge on any atom is -0.447 e. The number of carbonyl (C=O) groups is 1. The average Bonchev–Trinajstić information content (AvgIpc) is 2.30. The van der Waals surface area contributed by atoms with E-state index in [1.54, 1.807) is 0 Å². The average molecular weight is 268 g/mol. The fourth-order valence-corrected chi connectivity index (χ4v) is 1.36.